The smallest absolute Gasteiger partial charge is 0.336 e. The molecule has 0 spiro atoms. The summed E-state index contributed by atoms with van der Waals surface area (Å²) in [6.07, 6.45) is 4.86. The van der Waals surface area contributed by atoms with E-state index in [0.29, 0.717) is 46.0 Å². The number of imidazole rings is 1. The molecular weight excluding hydrogens is 499 g/mol. The van der Waals surface area contributed by atoms with Crippen LogP contribution in [-0.2, 0) is 0 Å². The molecule has 1 aliphatic carbocycles. The molecule has 3 N–H and O–H groups in total. The standard InChI is InChI=1S/C27H28ClFN4O4/c1-33(2)11-5-10-30-26(34)15-8-9-16(18(12-15)27(35)36)24-17(6-4-7-19(24)28)25-31-21-13-20(29)23(37-3)14-22(21)32-25/h4,7-9,12-14,17H,5-6,10-11H2,1-3H3,(H,30,34)(H,31,32)(H,35,36). The fourth-order valence-electron chi connectivity index (χ4n) is 4.40. The third-order valence-electron chi connectivity index (χ3n) is 6.22. The van der Waals surface area contributed by atoms with Crippen LogP contribution < -0.4 is 10.1 Å². The Morgan fingerprint density at radius 2 is 2.08 bits per heavy atom. The maximum atomic E-state index is 14.2. The number of benzene rings is 2. The number of aromatic carboxylic acids is 1. The highest BCUT2D eigenvalue weighted by atomic mass is 35.5. The van der Waals surface area contributed by atoms with Gasteiger partial charge in [-0.15, -0.1) is 0 Å². The first-order valence-electron chi connectivity index (χ1n) is 11.8. The number of methoxy groups -OCH3 is 1. The Kier molecular flexibility index (Phi) is 7.94. The molecule has 1 amide bonds. The third kappa shape index (κ3) is 5.68. The van der Waals surface area contributed by atoms with E-state index in [4.69, 9.17) is 16.3 Å². The highest BCUT2D eigenvalue weighted by Crippen LogP contribution is 2.43. The molecule has 4 rings (SSSR count). The summed E-state index contributed by atoms with van der Waals surface area (Å²) >= 11 is 6.62. The van der Waals surface area contributed by atoms with Crippen LogP contribution in [0.25, 0.3) is 16.6 Å². The van der Waals surface area contributed by atoms with Crippen LogP contribution in [0.5, 0.6) is 5.75 Å². The normalized spacial score (nSPS) is 15.5. The molecule has 1 aliphatic rings. The third-order valence-corrected chi connectivity index (χ3v) is 6.55. The van der Waals surface area contributed by atoms with Gasteiger partial charge in [0.25, 0.3) is 5.91 Å². The lowest BCUT2D eigenvalue weighted by Gasteiger charge is -2.23. The number of aromatic nitrogens is 2. The molecule has 0 bridgehead atoms. The quantitative estimate of drug-likeness (QED) is 0.346. The van der Waals surface area contributed by atoms with E-state index in [0.717, 1.165) is 13.0 Å². The van der Waals surface area contributed by atoms with Crippen molar-refractivity contribution in [2.24, 2.45) is 0 Å². The van der Waals surface area contributed by atoms with E-state index in [-0.39, 0.29) is 22.8 Å². The Hall–Kier alpha value is -3.69. The summed E-state index contributed by atoms with van der Waals surface area (Å²) in [4.78, 5) is 34.7. The number of carboxylic acid groups (broad SMARTS) is 1. The number of carbonyl (C=O) groups excluding carboxylic acids is 1. The highest BCUT2D eigenvalue weighted by molar-refractivity contribution is 6.35. The van der Waals surface area contributed by atoms with E-state index < -0.39 is 17.7 Å². The van der Waals surface area contributed by atoms with Gasteiger partial charge in [0.05, 0.1) is 23.7 Å². The summed E-state index contributed by atoms with van der Waals surface area (Å²) in [5.41, 5.74) is 2.15. The summed E-state index contributed by atoms with van der Waals surface area (Å²) in [7, 11) is 5.28. The van der Waals surface area contributed by atoms with Crippen LogP contribution in [0.3, 0.4) is 0 Å². The molecule has 1 aromatic heterocycles. The molecule has 194 valence electrons. The van der Waals surface area contributed by atoms with Crippen molar-refractivity contribution in [3.63, 3.8) is 0 Å². The number of allylic oxidation sites excluding steroid dienone is 4. The van der Waals surface area contributed by atoms with Gasteiger partial charge in [0, 0.05) is 35.2 Å². The molecular formula is C27H28ClFN4O4. The maximum Gasteiger partial charge on any atom is 0.336 e. The van der Waals surface area contributed by atoms with Gasteiger partial charge in [-0.25, -0.2) is 14.2 Å². The van der Waals surface area contributed by atoms with Gasteiger partial charge < -0.3 is 25.0 Å². The second-order valence-electron chi connectivity index (χ2n) is 9.06. The number of carboxylic acids is 1. The minimum Gasteiger partial charge on any atom is -0.494 e. The number of hydrogen-bond donors (Lipinski definition) is 3. The number of halogens is 2. The van der Waals surface area contributed by atoms with Gasteiger partial charge >= 0.3 is 5.97 Å². The van der Waals surface area contributed by atoms with Crippen molar-refractivity contribution in [2.75, 3.05) is 34.3 Å². The van der Waals surface area contributed by atoms with Crippen molar-refractivity contribution < 1.29 is 23.8 Å². The minimum absolute atomic E-state index is 0.0433. The van der Waals surface area contributed by atoms with E-state index >= 15 is 0 Å². The first kappa shape index (κ1) is 26.4. The number of hydrogen-bond acceptors (Lipinski definition) is 5. The number of rotatable bonds is 9. The van der Waals surface area contributed by atoms with Crippen LogP contribution in [0.4, 0.5) is 4.39 Å². The molecule has 0 radical (unpaired) electrons. The molecule has 0 saturated carbocycles. The van der Waals surface area contributed by atoms with E-state index in [1.54, 1.807) is 18.2 Å². The number of amides is 1. The molecule has 10 heteroatoms. The van der Waals surface area contributed by atoms with Crippen molar-refractivity contribution in [3.8, 4) is 5.75 Å². The van der Waals surface area contributed by atoms with Crippen LogP contribution in [0, 0.1) is 5.82 Å². The largest absolute Gasteiger partial charge is 0.494 e. The lowest BCUT2D eigenvalue weighted by Crippen LogP contribution is -2.27. The van der Waals surface area contributed by atoms with Crippen molar-refractivity contribution in [1.29, 1.82) is 0 Å². The summed E-state index contributed by atoms with van der Waals surface area (Å²) in [6, 6.07) is 7.37. The van der Waals surface area contributed by atoms with E-state index in [1.165, 1.54) is 25.3 Å². The summed E-state index contributed by atoms with van der Waals surface area (Å²) in [5.74, 6) is -1.87. The van der Waals surface area contributed by atoms with Gasteiger partial charge in [-0.1, -0.05) is 23.7 Å². The second kappa shape index (κ2) is 11.1. The van der Waals surface area contributed by atoms with E-state index in [9.17, 15) is 19.1 Å². The molecule has 1 unspecified atom stereocenters. The first-order chi connectivity index (χ1) is 17.7. The molecule has 37 heavy (non-hydrogen) atoms. The van der Waals surface area contributed by atoms with Crippen LogP contribution in [0.2, 0.25) is 0 Å². The average Bonchev–Trinajstić information content (AvgIpc) is 3.27. The van der Waals surface area contributed by atoms with Gasteiger partial charge in [0.15, 0.2) is 11.6 Å². The minimum atomic E-state index is -1.18. The predicted octanol–water partition coefficient (Wildman–Crippen LogP) is 4.78. The molecule has 2 aromatic carbocycles. The Morgan fingerprint density at radius 1 is 1.30 bits per heavy atom. The molecule has 0 saturated heterocycles. The van der Waals surface area contributed by atoms with Crippen LogP contribution >= 0.6 is 11.6 Å². The van der Waals surface area contributed by atoms with Crippen molar-refractivity contribution in [1.82, 2.24) is 20.2 Å². The average molecular weight is 527 g/mol. The molecule has 0 aliphatic heterocycles. The van der Waals surface area contributed by atoms with Crippen molar-refractivity contribution in [2.45, 2.75) is 18.8 Å². The van der Waals surface area contributed by atoms with Gasteiger partial charge in [-0.2, -0.15) is 0 Å². The van der Waals surface area contributed by atoms with Crippen molar-refractivity contribution in [3.05, 3.63) is 75.8 Å². The summed E-state index contributed by atoms with van der Waals surface area (Å²) in [5, 5.41) is 13.2. The zero-order valence-corrected chi connectivity index (χ0v) is 21.5. The highest BCUT2D eigenvalue weighted by Gasteiger charge is 2.29. The first-order valence-corrected chi connectivity index (χ1v) is 12.2. The Balaban J connectivity index is 1.69. The molecule has 3 aromatic rings. The lowest BCUT2D eigenvalue weighted by atomic mass is 9.83. The monoisotopic (exact) mass is 526 g/mol. The summed E-state index contributed by atoms with van der Waals surface area (Å²) in [6.45, 7) is 1.30. The zero-order valence-electron chi connectivity index (χ0n) is 20.8. The van der Waals surface area contributed by atoms with Gasteiger partial charge in [-0.05, 0) is 62.8 Å². The van der Waals surface area contributed by atoms with Crippen LogP contribution in [0.15, 0.2) is 47.5 Å². The van der Waals surface area contributed by atoms with Crippen molar-refractivity contribution >= 4 is 40.1 Å². The second-order valence-corrected chi connectivity index (χ2v) is 9.46. The molecule has 1 atom stereocenters. The Labute approximate surface area is 218 Å². The van der Waals surface area contributed by atoms with Gasteiger partial charge in [0.2, 0.25) is 0 Å². The molecule has 1 heterocycles. The fraction of sp³-hybridized carbons (Fsp3) is 0.296. The number of aromatic amines is 1. The number of carbonyl (C=O) groups is 2. The lowest BCUT2D eigenvalue weighted by molar-refractivity contribution is 0.0696. The Morgan fingerprint density at radius 3 is 2.78 bits per heavy atom. The number of ether oxygens (including phenoxy) is 1. The number of fused-ring (bicyclic) bond motifs is 1. The van der Waals surface area contributed by atoms with Gasteiger partial charge in [-0.3, -0.25) is 4.79 Å². The fourth-order valence-corrected chi connectivity index (χ4v) is 4.72. The number of H-pyrrole nitrogens is 1. The number of nitrogens with zero attached hydrogens (tertiary/aromatic N) is 2. The summed E-state index contributed by atoms with van der Waals surface area (Å²) < 4.78 is 19.3. The number of nitrogens with one attached hydrogen (secondary N) is 2. The topological polar surface area (TPSA) is 108 Å². The van der Waals surface area contributed by atoms with Crippen LogP contribution in [0.1, 0.15) is 50.9 Å². The molecule has 8 nitrogen and oxygen atoms in total. The van der Waals surface area contributed by atoms with Gasteiger partial charge in [0.1, 0.15) is 5.82 Å². The Bertz CT molecular complexity index is 1410. The SMILES string of the molecule is COc1cc2nc(C3CC=CC(Cl)=C3c3ccc(C(=O)NCCCN(C)C)cc3C(=O)O)[nH]c2cc1F. The molecule has 0 fully saturated rings. The van der Waals surface area contributed by atoms with E-state index in [1.807, 2.05) is 25.1 Å². The zero-order chi connectivity index (χ0) is 26.7. The predicted molar refractivity (Wildman–Crippen MR) is 141 cm³/mol. The maximum absolute atomic E-state index is 14.2. The van der Waals surface area contributed by atoms with Crippen LogP contribution in [-0.4, -0.2) is 66.1 Å². The van der Waals surface area contributed by atoms with E-state index in [2.05, 4.69) is 15.3 Å².